The van der Waals surface area contributed by atoms with Crippen LogP contribution in [0.3, 0.4) is 0 Å². The molecule has 2 atom stereocenters. The Hall–Kier alpha value is -0.550. The van der Waals surface area contributed by atoms with Crippen molar-refractivity contribution in [1.82, 2.24) is 5.32 Å². The van der Waals surface area contributed by atoms with E-state index in [0.717, 1.165) is 32.2 Å². The van der Waals surface area contributed by atoms with Gasteiger partial charge in [-0.1, -0.05) is 0 Å². The maximum atomic E-state index is 11.6. The quantitative estimate of drug-likeness (QED) is 0.797. The molecule has 0 radical (unpaired) electrons. The maximum absolute atomic E-state index is 11.6. The van der Waals surface area contributed by atoms with Crippen LogP contribution in [-0.4, -0.2) is 38.6 Å². The highest BCUT2D eigenvalue weighted by molar-refractivity contribution is 7.92. The van der Waals surface area contributed by atoms with Gasteiger partial charge in [0.05, 0.1) is 17.3 Å². The highest BCUT2D eigenvalue weighted by Gasteiger charge is 2.30. The van der Waals surface area contributed by atoms with E-state index >= 15 is 0 Å². The maximum Gasteiger partial charge on any atom is 0.154 e. The van der Waals surface area contributed by atoms with Gasteiger partial charge in [0.1, 0.15) is 6.10 Å². The van der Waals surface area contributed by atoms with Crippen molar-refractivity contribution in [3.05, 3.63) is 12.3 Å². The van der Waals surface area contributed by atoms with E-state index < -0.39 is 9.84 Å². The molecule has 1 saturated heterocycles. The molecule has 0 aromatic heterocycles. The number of allylic oxidation sites excluding steroid dienone is 1. The highest BCUT2D eigenvalue weighted by Crippen LogP contribution is 2.19. The summed E-state index contributed by atoms with van der Waals surface area (Å²) >= 11 is 0. The van der Waals surface area contributed by atoms with E-state index in [2.05, 4.69) is 5.32 Å². The predicted octanol–water partition coefficient (Wildman–Crippen LogP) is 0.846. The first-order valence-corrected chi connectivity index (χ1v) is 7.63. The minimum Gasteiger partial charge on any atom is -0.497 e. The fourth-order valence-electron chi connectivity index (χ4n) is 2.23. The van der Waals surface area contributed by atoms with Gasteiger partial charge in [-0.3, -0.25) is 0 Å². The van der Waals surface area contributed by atoms with Gasteiger partial charge >= 0.3 is 0 Å². The third-order valence-corrected chi connectivity index (χ3v) is 5.51. The molecule has 2 heterocycles. The van der Waals surface area contributed by atoms with Crippen LogP contribution in [0.2, 0.25) is 0 Å². The molecule has 0 aromatic carbocycles. The van der Waals surface area contributed by atoms with E-state index in [1.54, 1.807) is 6.26 Å². The zero-order valence-electron chi connectivity index (χ0n) is 9.39. The van der Waals surface area contributed by atoms with Gasteiger partial charge in [0.25, 0.3) is 0 Å². The Bertz CT molecular complexity index is 350. The Morgan fingerprint density at radius 2 is 2.19 bits per heavy atom. The monoisotopic (exact) mass is 245 g/mol. The Morgan fingerprint density at radius 3 is 2.81 bits per heavy atom. The van der Waals surface area contributed by atoms with Crippen molar-refractivity contribution in [2.24, 2.45) is 0 Å². The smallest absolute Gasteiger partial charge is 0.154 e. The summed E-state index contributed by atoms with van der Waals surface area (Å²) in [7, 11) is -2.81. The summed E-state index contributed by atoms with van der Waals surface area (Å²) in [5.41, 5.74) is 0. The summed E-state index contributed by atoms with van der Waals surface area (Å²) in [6.07, 6.45) is 7.64. The number of nitrogens with one attached hydrogen (secondary N) is 1. The van der Waals surface area contributed by atoms with Gasteiger partial charge in [-0.15, -0.1) is 0 Å². The molecule has 0 aromatic rings. The van der Waals surface area contributed by atoms with E-state index in [0.29, 0.717) is 12.3 Å². The van der Waals surface area contributed by atoms with Gasteiger partial charge in [-0.25, -0.2) is 8.42 Å². The molecule has 1 N–H and O–H groups in total. The Kier molecular flexibility index (Phi) is 3.86. The molecule has 0 amide bonds. The number of ether oxygens (including phenoxy) is 1. The molecule has 4 nitrogen and oxygen atoms in total. The summed E-state index contributed by atoms with van der Waals surface area (Å²) in [6, 6.07) is 0. The third kappa shape index (κ3) is 2.98. The summed E-state index contributed by atoms with van der Waals surface area (Å²) in [5.74, 6) is 0.363. The predicted molar refractivity (Wildman–Crippen MR) is 62.9 cm³/mol. The normalized spacial score (nSPS) is 32.5. The summed E-state index contributed by atoms with van der Waals surface area (Å²) in [6.45, 7) is 1.32. The first kappa shape index (κ1) is 11.9. The minimum atomic E-state index is -2.81. The van der Waals surface area contributed by atoms with Crippen LogP contribution in [0.5, 0.6) is 0 Å². The van der Waals surface area contributed by atoms with Gasteiger partial charge < -0.3 is 10.1 Å². The molecule has 92 valence electrons. The van der Waals surface area contributed by atoms with Crippen LogP contribution in [-0.2, 0) is 14.6 Å². The zero-order valence-corrected chi connectivity index (χ0v) is 10.2. The molecule has 1 fully saturated rings. The standard InChI is InChI=1S/C11H19NO3S/c13-16(14)7-3-5-11(16)9-12-8-10-4-1-2-6-15-10/h2,6,10-12H,1,3-5,7-9H2. The largest absolute Gasteiger partial charge is 0.497 e. The van der Waals surface area contributed by atoms with Crippen molar-refractivity contribution >= 4 is 9.84 Å². The Morgan fingerprint density at radius 1 is 1.31 bits per heavy atom. The molecule has 0 saturated carbocycles. The van der Waals surface area contributed by atoms with Crippen LogP contribution in [0.4, 0.5) is 0 Å². The van der Waals surface area contributed by atoms with Gasteiger partial charge in [0, 0.05) is 13.1 Å². The van der Waals surface area contributed by atoms with E-state index in [4.69, 9.17) is 4.74 Å². The molecule has 0 bridgehead atoms. The Balaban J connectivity index is 1.70. The van der Waals surface area contributed by atoms with Crippen LogP contribution in [0.25, 0.3) is 0 Å². The van der Waals surface area contributed by atoms with E-state index in [1.807, 2.05) is 6.08 Å². The summed E-state index contributed by atoms with van der Waals surface area (Å²) in [4.78, 5) is 0. The molecule has 2 rings (SSSR count). The fraction of sp³-hybridized carbons (Fsp3) is 0.818. The summed E-state index contributed by atoms with van der Waals surface area (Å²) < 4.78 is 28.5. The molecule has 5 heteroatoms. The minimum absolute atomic E-state index is 0.174. The lowest BCUT2D eigenvalue weighted by atomic mass is 10.1. The van der Waals surface area contributed by atoms with E-state index in [9.17, 15) is 8.42 Å². The average molecular weight is 245 g/mol. The fourth-order valence-corrected chi connectivity index (χ4v) is 4.03. The molecule has 16 heavy (non-hydrogen) atoms. The molecule has 2 unspecified atom stereocenters. The highest BCUT2D eigenvalue weighted by atomic mass is 32.2. The molecule has 2 aliphatic heterocycles. The van der Waals surface area contributed by atoms with Gasteiger partial charge in [0.2, 0.25) is 0 Å². The summed E-state index contributed by atoms with van der Waals surface area (Å²) in [5, 5.41) is 3.04. The Labute approximate surface area is 97.0 Å². The van der Waals surface area contributed by atoms with Gasteiger partial charge in [0.15, 0.2) is 9.84 Å². The van der Waals surface area contributed by atoms with Crippen LogP contribution in [0.1, 0.15) is 25.7 Å². The van der Waals surface area contributed by atoms with E-state index in [1.165, 1.54) is 0 Å². The van der Waals surface area contributed by atoms with Crippen LogP contribution < -0.4 is 5.32 Å². The molecule has 0 spiro atoms. The third-order valence-electron chi connectivity index (χ3n) is 3.23. The first-order valence-electron chi connectivity index (χ1n) is 5.91. The molecular formula is C11H19NO3S. The second-order valence-corrected chi connectivity index (χ2v) is 6.90. The van der Waals surface area contributed by atoms with Crippen molar-refractivity contribution in [3.8, 4) is 0 Å². The topological polar surface area (TPSA) is 55.4 Å². The SMILES string of the molecule is O=S1(=O)CCCC1CNCC1CCC=CO1. The van der Waals surface area contributed by atoms with Crippen LogP contribution in [0, 0.1) is 0 Å². The second-order valence-electron chi connectivity index (χ2n) is 4.50. The van der Waals surface area contributed by atoms with Crippen molar-refractivity contribution < 1.29 is 13.2 Å². The second kappa shape index (κ2) is 5.19. The van der Waals surface area contributed by atoms with Crippen molar-refractivity contribution in [2.45, 2.75) is 37.0 Å². The number of hydrogen-bond acceptors (Lipinski definition) is 4. The lowest BCUT2D eigenvalue weighted by Gasteiger charge is -2.20. The lowest BCUT2D eigenvalue weighted by molar-refractivity contribution is 0.122. The van der Waals surface area contributed by atoms with E-state index in [-0.39, 0.29) is 11.4 Å². The number of hydrogen-bond donors (Lipinski definition) is 1. The molecular weight excluding hydrogens is 226 g/mol. The lowest BCUT2D eigenvalue weighted by Crippen LogP contribution is -2.36. The zero-order chi connectivity index (χ0) is 11.4. The van der Waals surface area contributed by atoms with Crippen molar-refractivity contribution in [2.75, 3.05) is 18.8 Å². The first-order chi connectivity index (χ1) is 7.68. The van der Waals surface area contributed by atoms with Crippen molar-refractivity contribution in [3.63, 3.8) is 0 Å². The number of sulfone groups is 1. The van der Waals surface area contributed by atoms with Crippen LogP contribution >= 0.6 is 0 Å². The van der Waals surface area contributed by atoms with Crippen LogP contribution in [0.15, 0.2) is 12.3 Å². The van der Waals surface area contributed by atoms with Gasteiger partial charge in [-0.05, 0) is 31.8 Å². The molecule has 2 aliphatic rings. The average Bonchev–Trinajstić information content (AvgIpc) is 2.60. The number of rotatable bonds is 4. The van der Waals surface area contributed by atoms with Gasteiger partial charge in [-0.2, -0.15) is 0 Å². The molecule has 0 aliphatic carbocycles. The van der Waals surface area contributed by atoms with Crippen molar-refractivity contribution in [1.29, 1.82) is 0 Å².